The second-order valence-corrected chi connectivity index (χ2v) is 4.11. The first-order valence-electron chi connectivity index (χ1n) is 5.86. The van der Waals surface area contributed by atoms with Crippen LogP contribution in [-0.4, -0.2) is 15.3 Å². The van der Waals surface area contributed by atoms with Gasteiger partial charge in [0.15, 0.2) is 5.82 Å². The summed E-state index contributed by atoms with van der Waals surface area (Å²) in [5, 5.41) is 10.8. The maximum atomic E-state index is 5.13. The molecule has 1 N–H and O–H groups in total. The van der Waals surface area contributed by atoms with Gasteiger partial charge in [-0.15, -0.1) is 0 Å². The number of hydrogen-bond donors (Lipinski definition) is 1. The van der Waals surface area contributed by atoms with Crippen LogP contribution >= 0.6 is 0 Å². The van der Waals surface area contributed by atoms with Crippen LogP contribution in [0.1, 0.15) is 17.1 Å². The van der Waals surface area contributed by atoms with Crippen LogP contribution in [0.5, 0.6) is 0 Å². The summed E-state index contributed by atoms with van der Waals surface area (Å²) >= 11 is 0. The number of hydrogen-bond acceptors (Lipinski definition) is 6. The molecule has 0 atom stereocenters. The summed E-state index contributed by atoms with van der Waals surface area (Å²) < 4.78 is 10.0. The molecule has 6 heteroatoms. The first-order chi connectivity index (χ1) is 9.31. The first kappa shape index (κ1) is 11.5. The quantitative estimate of drug-likeness (QED) is 0.773. The lowest BCUT2D eigenvalue weighted by Gasteiger charge is -1.98. The highest BCUT2D eigenvalue weighted by Crippen LogP contribution is 2.16. The summed E-state index contributed by atoms with van der Waals surface area (Å²) in [5.74, 6) is 0.588. The molecule has 0 aliphatic heterocycles. The first-order valence-corrected chi connectivity index (χ1v) is 5.86. The van der Waals surface area contributed by atoms with Gasteiger partial charge in [-0.25, -0.2) is 0 Å². The van der Waals surface area contributed by atoms with Crippen molar-refractivity contribution in [3.8, 4) is 0 Å². The molecule has 3 rings (SSSR count). The van der Waals surface area contributed by atoms with Crippen molar-refractivity contribution in [3.63, 3.8) is 0 Å². The number of anilines is 2. The van der Waals surface area contributed by atoms with E-state index in [9.17, 15) is 0 Å². The van der Waals surface area contributed by atoms with Crippen molar-refractivity contribution in [1.29, 1.82) is 0 Å². The van der Waals surface area contributed by atoms with Crippen LogP contribution in [0.3, 0.4) is 0 Å². The molecule has 0 amide bonds. The minimum atomic E-state index is 0.371. The van der Waals surface area contributed by atoms with Gasteiger partial charge in [-0.2, -0.15) is 4.98 Å². The molecular weight excluding hydrogens is 244 g/mol. The van der Waals surface area contributed by atoms with Crippen LogP contribution < -0.4 is 5.32 Å². The average molecular weight is 256 g/mol. The third-order valence-corrected chi connectivity index (χ3v) is 2.69. The lowest BCUT2D eigenvalue weighted by Crippen LogP contribution is -1.93. The zero-order valence-electron chi connectivity index (χ0n) is 10.3. The van der Waals surface area contributed by atoms with Gasteiger partial charge in [0, 0.05) is 17.7 Å². The third kappa shape index (κ3) is 2.62. The number of aryl methyl sites for hydroxylation is 1. The van der Waals surface area contributed by atoms with Crippen LogP contribution in [-0.2, 0) is 6.42 Å². The van der Waals surface area contributed by atoms with Gasteiger partial charge in [0.05, 0.1) is 5.69 Å². The van der Waals surface area contributed by atoms with E-state index in [1.165, 1.54) is 0 Å². The molecule has 0 bridgehead atoms. The summed E-state index contributed by atoms with van der Waals surface area (Å²) in [7, 11) is 0. The number of rotatable bonds is 4. The van der Waals surface area contributed by atoms with Gasteiger partial charge in [-0.3, -0.25) is 0 Å². The van der Waals surface area contributed by atoms with E-state index in [4.69, 9.17) is 9.05 Å². The number of para-hydroxylation sites is 1. The largest absolute Gasteiger partial charge is 0.364 e. The van der Waals surface area contributed by atoms with E-state index in [-0.39, 0.29) is 0 Å². The van der Waals surface area contributed by atoms with E-state index >= 15 is 0 Å². The molecule has 2 heterocycles. The molecule has 0 saturated heterocycles. The minimum Gasteiger partial charge on any atom is -0.364 e. The molecule has 6 nitrogen and oxygen atoms in total. The summed E-state index contributed by atoms with van der Waals surface area (Å²) in [5.41, 5.74) is 2.69. The normalized spacial score (nSPS) is 10.6. The topological polar surface area (TPSA) is 77.0 Å². The van der Waals surface area contributed by atoms with Gasteiger partial charge < -0.3 is 14.4 Å². The monoisotopic (exact) mass is 256 g/mol. The Labute approximate surface area is 109 Å². The van der Waals surface area contributed by atoms with E-state index in [1.807, 2.05) is 37.3 Å². The Morgan fingerprint density at radius 1 is 1.16 bits per heavy atom. The summed E-state index contributed by atoms with van der Waals surface area (Å²) in [6.07, 6.45) is 2.13. The Kier molecular flexibility index (Phi) is 2.97. The number of aromatic nitrogens is 3. The van der Waals surface area contributed by atoms with Crippen molar-refractivity contribution >= 4 is 11.7 Å². The Hall–Kier alpha value is -2.63. The summed E-state index contributed by atoms with van der Waals surface area (Å²) in [6.45, 7) is 1.88. The van der Waals surface area contributed by atoms with Crippen molar-refractivity contribution < 1.29 is 9.05 Å². The van der Waals surface area contributed by atoms with Crippen LogP contribution in [0.2, 0.25) is 0 Å². The molecule has 0 fully saturated rings. The summed E-state index contributed by atoms with van der Waals surface area (Å²) in [6, 6.07) is 10.0. The highest BCUT2D eigenvalue weighted by atomic mass is 16.5. The molecule has 0 unspecified atom stereocenters. The van der Waals surface area contributed by atoms with Gasteiger partial charge in [0.2, 0.25) is 0 Å². The van der Waals surface area contributed by atoms with Crippen LogP contribution in [0.4, 0.5) is 11.7 Å². The molecule has 0 aliphatic rings. The molecule has 1 aromatic carbocycles. The van der Waals surface area contributed by atoms with Crippen molar-refractivity contribution in [2.45, 2.75) is 13.3 Å². The SMILES string of the molecule is Cc1nocc1Cc1noc(Nc2ccccc2)n1. The molecule has 19 heavy (non-hydrogen) atoms. The highest BCUT2D eigenvalue weighted by molar-refractivity contribution is 5.51. The molecule has 0 radical (unpaired) electrons. The number of nitrogens with zero attached hydrogens (tertiary/aromatic N) is 3. The molecule has 0 aliphatic carbocycles. The fourth-order valence-corrected chi connectivity index (χ4v) is 1.67. The third-order valence-electron chi connectivity index (χ3n) is 2.69. The lowest BCUT2D eigenvalue weighted by atomic mass is 10.2. The molecule has 3 aromatic rings. The fourth-order valence-electron chi connectivity index (χ4n) is 1.67. The van der Waals surface area contributed by atoms with Gasteiger partial charge in [-0.1, -0.05) is 28.5 Å². The summed E-state index contributed by atoms with van der Waals surface area (Å²) in [4.78, 5) is 4.26. The number of benzene rings is 1. The smallest absolute Gasteiger partial charge is 0.325 e. The van der Waals surface area contributed by atoms with Crippen molar-refractivity contribution in [2.75, 3.05) is 5.32 Å². The molecule has 2 aromatic heterocycles. The van der Waals surface area contributed by atoms with Gasteiger partial charge in [0.1, 0.15) is 6.26 Å². The highest BCUT2D eigenvalue weighted by Gasteiger charge is 2.10. The molecular formula is C13H12N4O2. The Morgan fingerprint density at radius 3 is 2.74 bits per heavy atom. The second kappa shape index (κ2) is 4.93. The lowest BCUT2D eigenvalue weighted by molar-refractivity contribution is 0.414. The van der Waals surface area contributed by atoms with Crippen LogP contribution in [0.15, 0.2) is 45.6 Å². The van der Waals surface area contributed by atoms with Crippen molar-refractivity contribution in [2.24, 2.45) is 0 Å². The van der Waals surface area contributed by atoms with Gasteiger partial charge in [0.25, 0.3) is 0 Å². The number of nitrogens with one attached hydrogen (secondary N) is 1. The zero-order chi connectivity index (χ0) is 13.1. The Bertz CT molecular complexity index is 660. The maximum absolute atomic E-state index is 5.13. The second-order valence-electron chi connectivity index (χ2n) is 4.11. The van der Waals surface area contributed by atoms with E-state index in [1.54, 1.807) is 6.26 Å². The predicted octanol–water partition coefficient (Wildman–Crippen LogP) is 2.70. The minimum absolute atomic E-state index is 0.371. The van der Waals surface area contributed by atoms with Crippen LogP contribution in [0.25, 0.3) is 0 Å². The van der Waals surface area contributed by atoms with Crippen molar-refractivity contribution in [1.82, 2.24) is 15.3 Å². The Morgan fingerprint density at radius 2 is 2.00 bits per heavy atom. The standard InChI is InChI=1S/C13H12N4O2/c1-9-10(8-18-16-9)7-12-15-13(19-17-12)14-11-5-3-2-4-6-11/h2-6,8H,7H2,1H3,(H,14,15,17). The van der Waals surface area contributed by atoms with E-state index in [2.05, 4.69) is 20.6 Å². The van der Waals surface area contributed by atoms with Gasteiger partial charge in [-0.05, 0) is 19.1 Å². The van der Waals surface area contributed by atoms with Crippen LogP contribution in [0, 0.1) is 6.92 Å². The maximum Gasteiger partial charge on any atom is 0.325 e. The Balaban J connectivity index is 1.72. The molecule has 0 saturated carbocycles. The van der Waals surface area contributed by atoms with E-state index in [0.717, 1.165) is 16.9 Å². The van der Waals surface area contributed by atoms with Gasteiger partial charge >= 0.3 is 6.01 Å². The molecule has 96 valence electrons. The van der Waals surface area contributed by atoms with E-state index in [0.29, 0.717) is 18.3 Å². The zero-order valence-corrected chi connectivity index (χ0v) is 10.3. The van der Waals surface area contributed by atoms with E-state index < -0.39 is 0 Å². The van der Waals surface area contributed by atoms with Crippen molar-refractivity contribution in [3.05, 3.63) is 53.7 Å². The predicted molar refractivity (Wildman–Crippen MR) is 68.1 cm³/mol. The molecule has 0 spiro atoms. The average Bonchev–Trinajstić information content (AvgIpc) is 3.02. The fraction of sp³-hybridized carbons (Fsp3) is 0.154.